The van der Waals surface area contributed by atoms with Crippen molar-refractivity contribution in [2.24, 2.45) is 0 Å². The highest BCUT2D eigenvalue weighted by Crippen LogP contribution is 2.34. The third-order valence-electron chi connectivity index (χ3n) is 5.38. The van der Waals surface area contributed by atoms with Crippen molar-refractivity contribution in [3.8, 4) is 5.75 Å². The van der Waals surface area contributed by atoms with Gasteiger partial charge in [0, 0.05) is 0 Å². The van der Waals surface area contributed by atoms with Gasteiger partial charge >= 0.3 is 5.97 Å². The monoisotopic (exact) mass is 471 g/mol. The maximum absolute atomic E-state index is 12.0. The number of aromatic nitrogens is 1. The van der Waals surface area contributed by atoms with Crippen molar-refractivity contribution in [3.63, 3.8) is 0 Å². The fourth-order valence-corrected chi connectivity index (χ4v) is 5.48. The number of unbranched alkanes of at least 4 members (excludes halogenated alkanes) is 3. The van der Waals surface area contributed by atoms with E-state index in [0.29, 0.717) is 18.1 Å². The van der Waals surface area contributed by atoms with Crippen molar-refractivity contribution in [3.05, 3.63) is 53.1 Å². The van der Waals surface area contributed by atoms with Crippen molar-refractivity contribution < 1.29 is 14.6 Å². The summed E-state index contributed by atoms with van der Waals surface area (Å²) in [7, 11) is 0. The van der Waals surface area contributed by atoms with Gasteiger partial charge in [0.1, 0.15) is 5.75 Å². The van der Waals surface area contributed by atoms with E-state index < -0.39 is 0 Å². The van der Waals surface area contributed by atoms with Crippen LogP contribution in [0.15, 0.2) is 40.7 Å². The number of benzene rings is 2. The molecule has 0 saturated heterocycles. The van der Waals surface area contributed by atoms with Gasteiger partial charge in [-0.3, -0.25) is 4.79 Å². The maximum atomic E-state index is 12.0. The second kappa shape index (κ2) is 11.2. The predicted molar refractivity (Wildman–Crippen MR) is 135 cm³/mol. The molecule has 0 bridgehead atoms. The number of aromatic hydroxyl groups is 1. The zero-order chi connectivity index (χ0) is 23.1. The molecule has 0 aliphatic carbocycles. The predicted octanol–water partition coefficient (Wildman–Crippen LogP) is 7.05. The number of hydrogen-bond donors (Lipinski definition) is 1. The SMILES string of the molecule is Cc1cc(CCCCCCOC(=O)CSc2nc3ccccc3s2)cc(C(C)(C)C)c1O. The highest BCUT2D eigenvalue weighted by molar-refractivity contribution is 8.01. The number of rotatable bonds is 10. The summed E-state index contributed by atoms with van der Waals surface area (Å²) in [5, 5.41) is 10.4. The number of carbonyl (C=O) groups is 1. The van der Waals surface area contributed by atoms with Crippen molar-refractivity contribution in [1.82, 2.24) is 4.98 Å². The van der Waals surface area contributed by atoms with Crippen molar-refractivity contribution in [2.45, 2.75) is 69.6 Å². The summed E-state index contributed by atoms with van der Waals surface area (Å²) in [4.78, 5) is 16.5. The van der Waals surface area contributed by atoms with E-state index in [1.54, 1.807) is 11.3 Å². The molecule has 1 aromatic heterocycles. The Morgan fingerprint density at radius 2 is 1.88 bits per heavy atom. The van der Waals surface area contributed by atoms with Gasteiger partial charge in [-0.15, -0.1) is 11.3 Å². The lowest BCUT2D eigenvalue weighted by molar-refractivity contribution is -0.140. The van der Waals surface area contributed by atoms with Crippen LogP contribution in [0.1, 0.15) is 63.1 Å². The molecule has 4 nitrogen and oxygen atoms in total. The van der Waals surface area contributed by atoms with E-state index in [1.807, 2.05) is 31.2 Å². The average molecular weight is 472 g/mol. The summed E-state index contributed by atoms with van der Waals surface area (Å²) >= 11 is 3.05. The Morgan fingerprint density at radius 1 is 1.12 bits per heavy atom. The molecule has 172 valence electrons. The molecule has 0 spiro atoms. The molecule has 3 aromatic rings. The summed E-state index contributed by atoms with van der Waals surface area (Å²) in [6.07, 6.45) is 5.13. The number of hydrogen-bond acceptors (Lipinski definition) is 6. The summed E-state index contributed by atoms with van der Waals surface area (Å²) in [6, 6.07) is 12.2. The minimum Gasteiger partial charge on any atom is -0.507 e. The summed E-state index contributed by atoms with van der Waals surface area (Å²) < 4.78 is 7.42. The minimum atomic E-state index is -0.177. The van der Waals surface area contributed by atoms with Crippen LogP contribution in [-0.2, 0) is 21.4 Å². The number of thioether (sulfide) groups is 1. The van der Waals surface area contributed by atoms with E-state index in [4.69, 9.17) is 4.74 Å². The fraction of sp³-hybridized carbons (Fsp3) is 0.462. The highest BCUT2D eigenvalue weighted by Gasteiger charge is 2.20. The Kier molecular flexibility index (Phi) is 8.60. The topological polar surface area (TPSA) is 59.4 Å². The third-order valence-corrected chi connectivity index (χ3v) is 7.53. The zero-order valence-corrected chi connectivity index (χ0v) is 21.1. The molecular formula is C26H33NO3S2. The van der Waals surface area contributed by atoms with Gasteiger partial charge in [0.25, 0.3) is 0 Å². The molecule has 6 heteroatoms. The highest BCUT2D eigenvalue weighted by atomic mass is 32.2. The van der Waals surface area contributed by atoms with Crippen LogP contribution in [0.25, 0.3) is 10.2 Å². The van der Waals surface area contributed by atoms with Gasteiger partial charge in [-0.05, 0) is 60.4 Å². The van der Waals surface area contributed by atoms with Crippen LogP contribution in [0.2, 0.25) is 0 Å². The van der Waals surface area contributed by atoms with Crippen LogP contribution in [0.4, 0.5) is 0 Å². The Hall–Kier alpha value is -2.05. The van der Waals surface area contributed by atoms with E-state index in [2.05, 4.69) is 37.9 Å². The quantitative estimate of drug-likeness (QED) is 0.195. The maximum Gasteiger partial charge on any atom is 0.316 e. The first-order valence-corrected chi connectivity index (χ1v) is 13.0. The van der Waals surface area contributed by atoms with E-state index in [9.17, 15) is 9.90 Å². The van der Waals surface area contributed by atoms with Crippen LogP contribution >= 0.6 is 23.1 Å². The molecule has 1 N–H and O–H groups in total. The molecule has 0 aliphatic heterocycles. The number of fused-ring (bicyclic) bond motifs is 1. The number of carbonyl (C=O) groups excluding carboxylic acids is 1. The Balaban J connectivity index is 1.30. The average Bonchev–Trinajstić information content (AvgIpc) is 3.16. The lowest BCUT2D eigenvalue weighted by Crippen LogP contribution is -2.12. The number of ether oxygens (including phenoxy) is 1. The second-order valence-electron chi connectivity index (χ2n) is 9.18. The van der Waals surface area contributed by atoms with Crippen LogP contribution < -0.4 is 0 Å². The molecule has 3 rings (SSSR count). The van der Waals surface area contributed by atoms with Gasteiger partial charge < -0.3 is 9.84 Å². The largest absolute Gasteiger partial charge is 0.507 e. The summed E-state index contributed by atoms with van der Waals surface area (Å²) in [5.41, 5.74) is 4.15. The molecule has 0 unspecified atom stereocenters. The van der Waals surface area contributed by atoms with Gasteiger partial charge in [-0.2, -0.15) is 0 Å². The number of aryl methyl sites for hydroxylation is 2. The third kappa shape index (κ3) is 6.97. The molecule has 0 aliphatic rings. The van der Waals surface area contributed by atoms with Crippen molar-refractivity contribution >= 4 is 39.3 Å². The first kappa shape index (κ1) is 24.6. The van der Waals surface area contributed by atoms with Gasteiger partial charge in [0.05, 0.1) is 22.6 Å². The van der Waals surface area contributed by atoms with E-state index in [0.717, 1.165) is 57.8 Å². The Bertz CT molecular complexity index is 1020. The van der Waals surface area contributed by atoms with Crippen molar-refractivity contribution in [1.29, 1.82) is 0 Å². The smallest absolute Gasteiger partial charge is 0.316 e. The first-order valence-electron chi connectivity index (χ1n) is 11.2. The molecule has 0 saturated carbocycles. The van der Waals surface area contributed by atoms with E-state index in [1.165, 1.54) is 17.3 Å². The number of esters is 1. The lowest BCUT2D eigenvalue weighted by Gasteiger charge is -2.22. The van der Waals surface area contributed by atoms with Gasteiger partial charge in [0.15, 0.2) is 4.34 Å². The molecular weight excluding hydrogens is 438 g/mol. The Labute approximate surface area is 199 Å². The fourth-order valence-electron chi connectivity index (χ4n) is 3.62. The number of para-hydroxylation sites is 1. The van der Waals surface area contributed by atoms with Gasteiger partial charge in [-0.1, -0.05) is 69.6 Å². The Morgan fingerprint density at radius 3 is 2.62 bits per heavy atom. The second-order valence-corrected chi connectivity index (χ2v) is 11.4. The van der Waals surface area contributed by atoms with Gasteiger partial charge in [-0.25, -0.2) is 4.98 Å². The number of nitrogens with zero attached hydrogens (tertiary/aromatic N) is 1. The van der Waals surface area contributed by atoms with Crippen LogP contribution in [-0.4, -0.2) is 28.4 Å². The van der Waals surface area contributed by atoms with Crippen molar-refractivity contribution in [2.75, 3.05) is 12.4 Å². The molecule has 0 fully saturated rings. The van der Waals surface area contributed by atoms with E-state index >= 15 is 0 Å². The summed E-state index contributed by atoms with van der Waals surface area (Å²) in [5.74, 6) is 0.545. The lowest BCUT2D eigenvalue weighted by atomic mass is 9.83. The molecule has 0 amide bonds. The van der Waals surface area contributed by atoms with Crippen LogP contribution in [0.3, 0.4) is 0 Å². The van der Waals surface area contributed by atoms with E-state index in [-0.39, 0.29) is 11.4 Å². The van der Waals surface area contributed by atoms with Crippen LogP contribution in [0, 0.1) is 6.92 Å². The molecule has 0 radical (unpaired) electrons. The minimum absolute atomic E-state index is 0.0694. The number of thiazole rings is 1. The standard InChI is InChI=1S/C26H33NO3S2/c1-18-15-19(16-20(24(18)29)26(2,3)4)11-7-5-6-10-14-30-23(28)17-31-25-27-21-12-8-9-13-22(21)32-25/h8-9,12-13,15-16,29H,5-7,10-11,14,17H2,1-4H3. The zero-order valence-electron chi connectivity index (χ0n) is 19.4. The number of phenols is 1. The number of phenolic OH excluding ortho intramolecular Hbond substituents is 1. The van der Waals surface area contributed by atoms with Crippen LogP contribution in [0.5, 0.6) is 5.75 Å². The molecule has 0 atom stereocenters. The molecule has 32 heavy (non-hydrogen) atoms. The van der Waals surface area contributed by atoms with Gasteiger partial charge in [0.2, 0.25) is 0 Å². The summed E-state index contributed by atoms with van der Waals surface area (Å²) in [6.45, 7) is 8.83. The molecule has 2 aromatic carbocycles. The normalized spacial score (nSPS) is 11.8. The molecule has 1 heterocycles. The first-order chi connectivity index (χ1) is 15.2.